The Morgan fingerprint density at radius 2 is 1.91 bits per heavy atom. The van der Waals surface area contributed by atoms with Gasteiger partial charge in [0.05, 0.1) is 17.8 Å². The lowest BCUT2D eigenvalue weighted by molar-refractivity contribution is -0.117. The van der Waals surface area contributed by atoms with Gasteiger partial charge in [-0.1, -0.05) is 48.6 Å². The first-order valence-corrected chi connectivity index (χ1v) is 11.0. The van der Waals surface area contributed by atoms with Gasteiger partial charge in [0.2, 0.25) is 5.91 Å². The molecule has 0 fully saturated rings. The van der Waals surface area contributed by atoms with Crippen molar-refractivity contribution in [2.24, 2.45) is 7.05 Å². The number of hydrogen-bond acceptors (Lipinski definition) is 4. The van der Waals surface area contributed by atoms with Crippen molar-refractivity contribution < 1.29 is 4.79 Å². The fourth-order valence-corrected chi connectivity index (χ4v) is 4.00. The summed E-state index contributed by atoms with van der Waals surface area (Å²) in [5.74, 6) is -0.0325. The molecule has 6 nitrogen and oxygen atoms in total. The highest BCUT2D eigenvalue weighted by atomic mass is 16.1. The number of allylic oxidation sites excluding steroid dienone is 2. The number of amides is 1. The molecule has 1 aliphatic carbocycles. The summed E-state index contributed by atoms with van der Waals surface area (Å²) in [6.07, 6.45) is 13.9. The second-order valence-corrected chi connectivity index (χ2v) is 8.34. The van der Waals surface area contributed by atoms with Gasteiger partial charge in [-0.05, 0) is 48.2 Å². The fourth-order valence-electron chi connectivity index (χ4n) is 4.00. The van der Waals surface area contributed by atoms with Crippen molar-refractivity contribution in [2.45, 2.75) is 24.8 Å². The van der Waals surface area contributed by atoms with Crippen LogP contribution in [0.4, 0.5) is 5.69 Å². The van der Waals surface area contributed by atoms with Crippen LogP contribution in [0.15, 0.2) is 85.2 Å². The van der Waals surface area contributed by atoms with Crippen LogP contribution in [-0.4, -0.2) is 27.8 Å². The maximum atomic E-state index is 12.9. The summed E-state index contributed by atoms with van der Waals surface area (Å²) in [5.41, 5.74) is 4.28. The molecule has 3 aromatic rings. The Morgan fingerprint density at radius 1 is 1.12 bits per heavy atom. The van der Waals surface area contributed by atoms with Crippen LogP contribution < -0.4 is 10.6 Å². The predicted molar refractivity (Wildman–Crippen MR) is 130 cm³/mol. The standard InChI is InChI=1S/C27H27N5O/c1-32-20-24(19-30-32)23-9-11-25(12-10-23)31-26(33)17-27(14-3-2-4-15-27)29-16-13-21-5-7-22(18-28)8-6-21/h2-12,14,19-20,29H,13,15-17H2,1H3,(H,31,33)/t27-/m0/s1. The number of nitrogens with one attached hydrogen (secondary N) is 2. The summed E-state index contributed by atoms with van der Waals surface area (Å²) in [4.78, 5) is 12.9. The van der Waals surface area contributed by atoms with Gasteiger partial charge in [0.1, 0.15) is 0 Å². The molecule has 0 saturated heterocycles. The number of nitrogens with zero attached hydrogens (tertiary/aromatic N) is 3. The van der Waals surface area contributed by atoms with Gasteiger partial charge in [-0.3, -0.25) is 9.48 Å². The Balaban J connectivity index is 1.35. The van der Waals surface area contributed by atoms with Crippen LogP contribution in [0.2, 0.25) is 0 Å². The Hall–Kier alpha value is -3.95. The van der Waals surface area contributed by atoms with E-state index in [1.165, 1.54) is 0 Å². The maximum absolute atomic E-state index is 12.9. The molecule has 1 aliphatic rings. The van der Waals surface area contributed by atoms with E-state index in [1.807, 2.05) is 80.1 Å². The SMILES string of the molecule is Cn1cc(-c2ccc(NC(=O)C[C@]3(NCCc4ccc(C#N)cc4)C=CC=CC3)cc2)cn1. The topological polar surface area (TPSA) is 82.7 Å². The van der Waals surface area contributed by atoms with Gasteiger partial charge < -0.3 is 10.6 Å². The second-order valence-electron chi connectivity index (χ2n) is 8.34. The minimum Gasteiger partial charge on any atom is -0.326 e. The highest BCUT2D eigenvalue weighted by Gasteiger charge is 2.29. The number of rotatable bonds is 8. The van der Waals surface area contributed by atoms with E-state index in [2.05, 4.69) is 34.0 Å². The van der Waals surface area contributed by atoms with Gasteiger partial charge in [-0.15, -0.1) is 0 Å². The number of carbonyl (C=O) groups excluding carboxylic acids is 1. The smallest absolute Gasteiger partial charge is 0.226 e. The third-order valence-corrected chi connectivity index (χ3v) is 5.80. The summed E-state index contributed by atoms with van der Waals surface area (Å²) in [7, 11) is 1.89. The largest absolute Gasteiger partial charge is 0.326 e. The van der Waals surface area contributed by atoms with Gasteiger partial charge in [0, 0.05) is 43.0 Å². The van der Waals surface area contributed by atoms with E-state index < -0.39 is 5.54 Å². The molecule has 2 aromatic carbocycles. The van der Waals surface area contributed by atoms with E-state index in [1.54, 1.807) is 4.68 Å². The second kappa shape index (κ2) is 10.1. The maximum Gasteiger partial charge on any atom is 0.226 e. The van der Waals surface area contributed by atoms with E-state index in [0.29, 0.717) is 12.0 Å². The van der Waals surface area contributed by atoms with E-state index >= 15 is 0 Å². The van der Waals surface area contributed by atoms with Crippen molar-refractivity contribution in [3.8, 4) is 17.2 Å². The zero-order valence-electron chi connectivity index (χ0n) is 18.7. The van der Waals surface area contributed by atoms with Crippen molar-refractivity contribution in [3.05, 3.63) is 96.4 Å². The molecule has 0 radical (unpaired) electrons. The lowest BCUT2D eigenvalue weighted by atomic mass is 9.87. The van der Waals surface area contributed by atoms with E-state index in [9.17, 15) is 4.79 Å². The number of benzene rings is 2. The normalized spacial score (nSPS) is 17.0. The minimum atomic E-state index is -0.416. The van der Waals surface area contributed by atoms with Gasteiger partial charge >= 0.3 is 0 Å². The molecule has 166 valence electrons. The van der Waals surface area contributed by atoms with Crippen molar-refractivity contribution in [1.29, 1.82) is 5.26 Å². The first-order chi connectivity index (χ1) is 16.0. The van der Waals surface area contributed by atoms with Crippen molar-refractivity contribution in [3.63, 3.8) is 0 Å². The molecule has 6 heteroatoms. The predicted octanol–water partition coefficient (Wildman–Crippen LogP) is 4.37. The lowest BCUT2D eigenvalue weighted by Gasteiger charge is -2.32. The zero-order chi connectivity index (χ0) is 23.1. The van der Waals surface area contributed by atoms with Crippen LogP contribution in [0.1, 0.15) is 24.0 Å². The number of aryl methyl sites for hydroxylation is 1. The van der Waals surface area contributed by atoms with Crippen LogP contribution in [0.5, 0.6) is 0 Å². The van der Waals surface area contributed by atoms with Crippen molar-refractivity contribution >= 4 is 11.6 Å². The molecule has 0 unspecified atom stereocenters. The molecule has 1 heterocycles. The fraction of sp³-hybridized carbons (Fsp3) is 0.222. The third-order valence-electron chi connectivity index (χ3n) is 5.80. The average Bonchev–Trinajstić information content (AvgIpc) is 3.27. The first-order valence-electron chi connectivity index (χ1n) is 11.0. The Morgan fingerprint density at radius 3 is 2.55 bits per heavy atom. The number of nitriles is 1. The monoisotopic (exact) mass is 437 g/mol. The van der Waals surface area contributed by atoms with Crippen LogP contribution >= 0.6 is 0 Å². The van der Waals surface area contributed by atoms with E-state index in [-0.39, 0.29) is 5.91 Å². The lowest BCUT2D eigenvalue weighted by Crippen LogP contribution is -2.47. The molecular weight excluding hydrogens is 410 g/mol. The van der Waals surface area contributed by atoms with Gasteiger partial charge in [-0.2, -0.15) is 10.4 Å². The van der Waals surface area contributed by atoms with Crippen LogP contribution in [0.25, 0.3) is 11.1 Å². The zero-order valence-corrected chi connectivity index (χ0v) is 18.7. The third kappa shape index (κ3) is 5.85. The van der Waals surface area contributed by atoms with Crippen LogP contribution in [0, 0.1) is 11.3 Å². The van der Waals surface area contributed by atoms with Gasteiger partial charge in [0.15, 0.2) is 0 Å². The average molecular weight is 438 g/mol. The molecular formula is C27H27N5O. The summed E-state index contributed by atoms with van der Waals surface area (Å²) in [6.45, 7) is 0.733. The van der Waals surface area contributed by atoms with Crippen molar-refractivity contribution in [1.82, 2.24) is 15.1 Å². The summed E-state index contributed by atoms with van der Waals surface area (Å²) in [5, 5.41) is 19.8. The van der Waals surface area contributed by atoms with Crippen molar-refractivity contribution in [2.75, 3.05) is 11.9 Å². The summed E-state index contributed by atoms with van der Waals surface area (Å²) in [6, 6.07) is 17.6. The highest BCUT2D eigenvalue weighted by Crippen LogP contribution is 2.24. The molecule has 0 bridgehead atoms. The molecule has 1 aromatic heterocycles. The van der Waals surface area contributed by atoms with E-state index in [0.717, 1.165) is 41.8 Å². The summed E-state index contributed by atoms with van der Waals surface area (Å²) >= 11 is 0. The quantitative estimate of drug-likeness (QED) is 0.548. The molecule has 1 amide bonds. The molecule has 33 heavy (non-hydrogen) atoms. The molecule has 0 spiro atoms. The Kier molecular flexibility index (Phi) is 6.82. The molecule has 4 rings (SSSR count). The summed E-state index contributed by atoms with van der Waals surface area (Å²) < 4.78 is 1.77. The number of anilines is 1. The molecule has 2 N–H and O–H groups in total. The van der Waals surface area contributed by atoms with Crippen LogP contribution in [-0.2, 0) is 18.3 Å². The molecule has 0 saturated carbocycles. The minimum absolute atomic E-state index is 0.0325. The van der Waals surface area contributed by atoms with Gasteiger partial charge in [-0.25, -0.2) is 0 Å². The Labute approximate surface area is 194 Å². The van der Waals surface area contributed by atoms with E-state index in [4.69, 9.17) is 5.26 Å². The van der Waals surface area contributed by atoms with Crippen LogP contribution in [0.3, 0.4) is 0 Å². The Bertz CT molecular complexity index is 1200. The number of carbonyl (C=O) groups is 1. The first kappa shape index (κ1) is 22.3. The molecule has 0 aliphatic heterocycles. The van der Waals surface area contributed by atoms with Gasteiger partial charge in [0.25, 0.3) is 0 Å². The number of aromatic nitrogens is 2. The number of hydrogen-bond donors (Lipinski definition) is 2. The highest BCUT2D eigenvalue weighted by molar-refractivity contribution is 5.92. The molecule has 1 atom stereocenters.